The normalized spacial score (nSPS) is 12.1. The van der Waals surface area contributed by atoms with Gasteiger partial charge in [0.05, 0.1) is 11.4 Å². The van der Waals surface area contributed by atoms with Crippen molar-refractivity contribution in [1.29, 1.82) is 0 Å². The molecule has 0 atom stereocenters. The molecule has 2 aromatic carbocycles. The molecule has 2 rings (SSSR count). The molecule has 0 heterocycles. The van der Waals surface area contributed by atoms with Crippen LogP contribution in [0.25, 0.3) is 0 Å². The predicted molar refractivity (Wildman–Crippen MR) is 97.6 cm³/mol. The summed E-state index contributed by atoms with van der Waals surface area (Å²) in [6.07, 6.45) is 1.10. The number of nitrogens with zero attached hydrogens (tertiary/aromatic N) is 2. The van der Waals surface area contributed by atoms with Crippen molar-refractivity contribution in [2.75, 3.05) is 20.4 Å². The number of hydrogen-bond donors (Lipinski definition) is 1. The van der Waals surface area contributed by atoms with Crippen LogP contribution >= 0.6 is 0 Å². The molecule has 134 valence electrons. The largest absolute Gasteiger partial charge is 0.352 e. The molecule has 7 heteroatoms. The molecule has 0 aromatic heterocycles. The highest BCUT2D eigenvalue weighted by Gasteiger charge is 2.12. The summed E-state index contributed by atoms with van der Waals surface area (Å²) in [5, 5.41) is 3.07. The lowest BCUT2D eigenvalue weighted by atomic mass is 10.2. The Morgan fingerprint density at radius 1 is 1.16 bits per heavy atom. The Morgan fingerprint density at radius 2 is 1.84 bits per heavy atom. The molecule has 1 N–H and O–H groups in total. The van der Waals surface area contributed by atoms with Crippen molar-refractivity contribution in [3.63, 3.8) is 0 Å². The number of nitrogens with one attached hydrogen (secondary N) is 1. The third-order valence-corrected chi connectivity index (χ3v) is 4.67. The van der Waals surface area contributed by atoms with E-state index >= 15 is 0 Å². The van der Waals surface area contributed by atoms with Gasteiger partial charge in [-0.05, 0) is 23.8 Å². The molecule has 5 nitrogen and oxygen atoms in total. The van der Waals surface area contributed by atoms with Crippen molar-refractivity contribution in [2.24, 2.45) is 4.99 Å². The van der Waals surface area contributed by atoms with Crippen LogP contribution in [0.5, 0.6) is 0 Å². The Morgan fingerprint density at radius 3 is 2.44 bits per heavy atom. The summed E-state index contributed by atoms with van der Waals surface area (Å²) < 4.78 is 37.2. The second kappa shape index (κ2) is 8.11. The van der Waals surface area contributed by atoms with Gasteiger partial charge in [0.15, 0.2) is 15.8 Å². The van der Waals surface area contributed by atoms with Crippen molar-refractivity contribution in [1.82, 2.24) is 10.2 Å². The first kappa shape index (κ1) is 18.9. The number of guanidine groups is 1. The number of sulfone groups is 1. The third kappa shape index (κ3) is 5.56. The molecule has 0 amide bonds. The molecule has 0 aliphatic carbocycles. The van der Waals surface area contributed by atoms with E-state index in [1.54, 1.807) is 4.90 Å². The average molecular weight is 363 g/mol. The summed E-state index contributed by atoms with van der Waals surface area (Å²) >= 11 is 0. The van der Waals surface area contributed by atoms with E-state index in [1.165, 1.54) is 18.2 Å². The highest BCUT2D eigenvalue weighted by Crippen LogP contribution is 2.15. The summed E-state index contributed by atoms with van der Waals surface area (Å²) in [5.74, 6) is 0.133. The van der Waals surface area contributed by atoms with Crippen LogP contribution in [-0.4, -0.2) is 39.6 Å². The van der Waals surface area contributed by atoms with Crippen LogP contribution in [0.15, 0.2) is 58.4 Å². The lowest BCUT2D eigenvalue weighted by molar-refractivity contribution is 0.566. The van der Waals surface area contributed by atoms with E-state index in [9.17, 15) is 12.8 Å². The molecular weight excluding hydrogens is 341 g/mol. The monoisotopic (exact) mass is 363 g/mol. The number of aliphatic imine (C=N–C) groups is 1. The fraction of sp³-hybridized carbons (Fsp3) is 0.278. The molecule has 0 saturated heterocycles. The van der Waals surface area contributed by atoms with E-state index in [0.717, 1.165) is 11.8 Å². The molecule has 0 saturated carbocycles. The van der Waals surface area contributed by atoms with E-state index in [4.69, 9.17) is 0 Å². The first-order valence-corrected chi connectivity index (χ1v) is 9.64. The number of rotatable bonds is 5. The predicted octanol–water partition coefficient (Wildman–Crippen LogP) is 2.44. The molecule has 0 bridgehead atoms. The second-order valence-electron chi connectivity index (χ2n) is 5.90. The SMILES string of the molecule is CN(C)C(=NCc1ccccc1)NCc1cc(S(C)(=O)=O)ccc1F. The standard InChI is InChI=1S/C18H22FN3O2S/c1-22(2)18(20-12-14-7-5-4-6-8-14)21-13-15-11-16(25(3,23)24)9-10-17(15)19/h4-11H,12-13H2,1-3H3,(H,20,21). The minimum atomic E-state index is -3.38. The topological polar surface area (TPSA) is 61.8 Å². The highest BCUT2D eigenvalue weighted by molar-refractivity contribution is 7.90. The van der Waals surface area contributed by atoms with Gasteiger partial charge in [0.1, 0.15) is 5.82 Å². The minimum Gasteiger partial charge on any atom is -0.352 e. The van der Waals surface area contributed by atoms with Crippen LogP contribution in [0, 0.1) is 5.82 Å². The van der Waals surface area contributed by atoms with E-state index in [1.807, 2.05) is 44.4 Å². The highest BCUT2D eigenvalue weighted by atomic mass is 32.2. The van der Waals surface area contributed by atoms with Gasteiger partial charge in [-0.15, -0.1) is 0 Å². The Bertz CT molecular complexity index is 850. The maximum absolute atomic E-state index is 14.0. The van der Waals surface area contributed by atoms with Crippen molar-refractivity contribution >= 4 is 15.8 Å². The molecule has 0 fully saturated rings. The first-order chi connectivity index (χ1) is 11.8. The van der Waals surface area contributed by atoms with Crippen LogP contribution < -0.4 is 5.32 Å². The van der Waals surface area contributed by atoms with Crippen LogP contribution in [0.1, 0.15) is 11.1 Å². The van der Waals surface area contributed by atoms with E-state index in [2.05, 4.69) is 10.3 Å². The maximum Gasteiger partial charge on any atom is 0.194 e. The number of hydrogen-bond acceptors (Lipinski definition) is 3. The average Bonchev–Trinajstić information content (AvgIpc) is 2.55. The molecule has 0 unspecified atom stereocenters. The smallest absolute Gasteiger partial charge is 0.194 e. The molecule has 0 spiro atoms. The molecule has 0 aliphatic rings. The summed E-state index contributed by atoms with van der Waals surface area (Å²) in [4.78, 5) is 6.39. The molecule has 25 heavy (non-hydrogen) atoms. The molecule has 2 aromatic rings. The Kier molecular flexibility index (Phi) is 6.14. The molecular formula is C18H22FN3O2S. The first-order valence-electron chi connectivity index (χ1n) is 7.75. The fourth-order valence-electron chi connectivity index (χ4n) is 2.20. The molecule has 0 radical (unpaired) electrons. The number of benzene rings is 2. The van der Waals surface area contributed by atoms with Crippen LogP contribution in [-0.2, 0) is 22.9 Å². The van der Waals surface area contributed by atoms with E-state index < -0.39 is 15.7 Å². The number of halogens is 1. The van der Waals surface area contributed by atoms with Crippen LogP contribution in [0.4, 0.5) is 4.39 Å². The van der Waals surface area contributed by atoms with Gasteiger partial charge in [-0.25, -0.2) is 17.8 Å². The van der Waals surface area contributed by atoms with Crippen molar-refractivity contribution in [3.05, 3.63) is 65.5 Å². The molecule has 0 aliphatic heterocycles. The maximum atomic E-state index is 14.0. The van der Waals surface area contributed by atoms with Gasteiger partial charge < -0.3 is 10.2 Å². The van der Waals surface area contributed by atoms with Gasteiger partial charge >= 0.3 is 0 Å². The lowest BCUT2D eigenvalue weighted by Gasteiger charge is -2.18. The van der Waals surface area contributed by atoms with E-state index in [0.29, 0.717) is 12.5 Å². The van der Waals surface area contributed by atoms with Crippen molar-refractivity contribution in [2.45, 2.75) is 18.0 Å². The zero-order valence-corrected chi connectivity index (χ0v) is 15.3. The zero-order valence-electron chi connectivity index (χ0n) is 14.5. The van der Waals surface area contributed by atoms with Gasteiger partial charge in [0, 0.05) is 32.5 Å². The quantitative estimate of drug-likeness (QED) is 0.504. The van der Waals surface area contributed by atoms with Crippen LogP contribution in [0.2, 0.25) is 0 Å². The lowest BCUT2D eigenvalue weighted by Crippen LogP contribution is -2.36. The second-order valence-corrected chi connectivity index (χ2v) is 7.91. The summed E-state index contributed by atoms with van der Waals surface area (Å²) in [7, 11) is 0.289. The van der Waals surface area contributed by atoms with Crippen molar-refractivity contribution < 1.29 is 12.8 Å². The third-order valence-electron chi connectivity index (χ3n) is 3.56. The summed E-state index contributed by atoms with van der Waals surface area (Å²) in [5.41, 5.74) is 1.34. The Hall–Kier alpha value is -2.41. The zero-order chi connectivity index (χ0) is 18.4. The van der Waals surface area contributed by atoms with Crippen molar-refractivity contribution in [3.8, 4) is 0 Å². The van der Waals surface area contributed by atoms with Crippen LogP contribution in [0.3, 0.4) is 0 Å². The summed E-state index contributed by atoms with van der Waals surface area (Å²) in [6, 6.07) is 13.6. The van der Waals surface area contributed by atoms with E-state index in [-0.39, 0.29) is 17.0 Å². The van der Waals surface area contributed by atoms with Gasteiger partial charge in [0.2, 0.25) is 0 Å². The minimum absolute atomic E-state index is 0.0957. The Balaban J connectivity index is 2.14. The Labute approximate surface area is 148 Å². The van der Waals surface area contributed by atoms with Gasteiger partial charge in [0.25, 0.3) is 0 Å². The fourth-order valence-corrected chi connectivity index (χ4v) is 2.87. The van der Waals surface area contributed by atoms with Gasteiger partial charge in [-0.2, -0.15) is 0 Å². The van der Waals surface area contributed by atoms with Gasteiger partial charge in [-0.3, -0.25) is 0 Å². The summed E-state index contributed by atoms with van der Waals surface area (Å²) in [6.45, 7) is 0.633. The van der Waals surface area contributed by atoms with Gasteiger partial charge in [-0.1, -0.05) is 30.3 Å².